The predicted octanol–water partition coefficient (Wildman–Crippen LogP) is 8.14. The second-order valence-electron chi connectivity index (χ2n) is 13.0. The van der Waals surface area contributed by atoms with Crippen LogP contribution in [-0.4, -0.2) is 78.1 Å². The molecule has 0 bridgehead atoms. The number of amides is 2. The Kier molecular flexibility index (Phi) is 15.1. The SMILES string of the molecule is COc1ccc(CN(Cc2ccc(OC)cc2)C(=O)OCOc2cc(OCOC(=O)N(Cc3ccc(OC)cc3)Cc3ccc(OC)cc3)cc(N(C)C)c2)cc1. The van der Waals surface area contributed by atoms with Crippen LogP contribution in [0, 0.1) is 0 Å². The molecule has 0 spiro atoms. The van der Waals surface area contributed by atoms with Crippen LogP contribution in [0.4, 0.5) is 15.3 Å². The van der Waals surface area contributed by atoms with Gasteiger partial charge in [0.15, 0.2) is 0 Å². The van der Waals surface area contributed by atoms with Gasteiger partial charge in [-0.05, 0) is 70.8 Å². The van der Waals surface area contributed by atoms with E-state index in [0.29, 0.717) is 60.7 Å². The van der Waals surface area contributed by atoms with Crippen molar-refractivity contribution in [3.05, 3.63) is 138 Å². The lowest BCUT2D eigenvalue weighted by atomic mass is 10.1. The first-order valence-electron chi connectivity index (χ1n) is 18.1. The van der Waals surface area contributed by atoms with Gasteiger partial charge in [0, 0.05) is 64.2 Å². The van der Waals surface area contributed by atoms with Crippen LogP contribution in [0.3, 0.4) is 0 Å². The molecule has 300 valence electrons. The number of ether oxygens (including phenoxy) is 8. The Morgan fingerprint density at radius 1 is 0.421 bits per heavy atom. The lowest BCUT2D eigenvalue weighted by molar-refractivity contribution is 0.0292. The maximum absolute atomic E-state index is 13.5. The number of anilines is 1. The molecule has 5 aromatic carbocycles. The number of carbonyl (C=O) groups excluding carboxylic acids is 2. The first-order valence-corrected chi connectivity index (χ1v) is 18.1. The number of methoxy groups -OCH3 is 4. The maximum Gasteiger partial charge on any atom is 0.413 e. The topological polar surface area (TPSA) is 118 Å². The minimum absolute atomic E-state index is 0.291. The average Bonchev–Trinajstić information content (AvgIpc) is 3.24. The maximum atomic E-state index is 13.5. The van der Waals surface area contributed by atoms with E-state index in [1.807, 2.05) is 116 Å². The van der Waals surface area contributed by atoms with Gasteiger partial charge in [-0.2, -0.15) is 0 Å². The number of hydrogen-bond acceptors (Lipinski definition) is 11. The van der Waals surface area contributed by atoms with E-state index < -0.39 is 12.2 Å². The van der Waals surface area contributed by atoms with Crippen molar-refractivity contribution in [2.45, 2.75) is 26.2 Å². The molecule has 0 aliphatic carbocycles. The van der Waals surface area contributed by atoms with Gasteiger partial charge < -0.3 is 42.8 Å². The van der Waals surface area contributed by atoms with Gasteiger partial charge >= 0.3 is 12.2 Å². The van der Waals surface area contributed by atoms with Crippen LogP contribution in [0.1, 0.15) is 22.3 Å². The minimum atomic E-state index is -0.567. The van der Waals surface area contributed by atoms with Crippen LogP contribution < -0.4 is 33.3 Å². The summed E-state index contributed by atoms with van der Waals surface area (Å²) in [6, 6.07) is 35.1. The van der Waals surface area contributed by atoms with Crippen molar-refractivity contribution in [1.82, 2.24) is 9.80 Å². The predicted molar refractivity (Wildman–Crippen MR) is 215 cm³/mol. The summed E-state index contributed by atoms with van der Waals surface area (Å²) in [5.41, 5.74) is 4.34. The Hall–Kier alpha value is -6.76. The normalized spacial score (nSPS) is 10.5. The van der Waals surface area contributed by atoms with Gasteiger partial charge in [0.2, 0.25) is 13.6 Å². The fraction of sp³-hybridized carbons (Fsp3) is 0.273. The molecule has 13 nitrogen and oxygen atoms in total. The van der Waals surface area contributed by atoms with Crippen molar-refractivity contribution >= 4 is 17.9 Å². The summed E-state index contributed by atoms with van der Waals surface area (Å²) in [5.74, 6) is 3.63. The molecule has 13 heteroatoms. The third-order valence-electron chi connectivity index (χ3n) is 8.84. The second-order valence-corrected chi connectivity index (χ2v) is 13.0. The van der Waals surface area contributed by atoms with Crippen LogP contribution in [0.5, 0.6) is 34.5 Å². The monoisotopic (exact) mass is 779 g/mol. The van der Waals surface area contributed by atoms with Gasteiger partial charge in [0.25, 0.3) is 0 Å². The summed E-state index contributed by atoms with van der Waals surface area (Å²) >= 11 is 0. The first-order chi connectivity index (χ1) is 27.7. The highest BCUT2D eigenvalue weighted by molar-refractivity contribution is 5.68. The van der Waals surface area contributed by atoms with E-state index in [4.69, 9.17) is 37.9 Å². The van der Waals surface area contributed by atoms with E-state index in [1.54, 1.807) is 56.4 Å². The highest BCUT2D eigenvalue weighted by Crippen LogP contribution is 2.28. The van der Waals surface area contributed by atoms with Crippen molar-refractivity contribution < 1.29 is 47.5 Å². The van der Waals surface area contributed by atoms with Crippen molar-refractivity contribution in [2.24, 2.45) is 0 Å². The molecule has 0 aromatic heterocycles. The molecular formula is C44H49N3O10. The molecule has 0 heterocycles. The summed E-state index contributed by atoms with van der Waals surface area (Å²) in [4.78, 5) is 31.9. The number of rotatable bonds is 19. The third kappa shape index (κ3) is 12.6. The minimum Gasteiger partial charge on any atom is -0.497 e. The third-order valence-corrected chi connectivity index (χ3v) is 8.84. The second kappa shape index (κ2) is 20.8. The summed E-state index contributed by atoms with van der Waals surface area (Å²) in [5, 5.41) is 0. The Labute approximate surface area is 333 Å². The van der Waals surface area contributed by atoms with E-state index in [9.17, 15) is 9.59 Å². The molecule has 0 atom stereocenters. The average molecular weight is 780 g/mol. The van der Waals surface area contributed by atoms with E-state index in [1.165, 1.54) is 0 Å². The summed E-state index contributed by atoms with van der Waals surface area (Å²) in [6.45, 7) is 0.437. The molecule has 0 saturated carbocycles. The van der Waals surface area contributed by atoms with Gasteiger partial charge in [-0.15, -0.1) is 0 Å². The zero-order valence-corrected chi connectivity index (χ0v) is 33.1. The molecule has 5 rings (SSSR count). The van der Waals surface area contributed by atoms with Crippen molar-refractivity contribution in [1.29, 1.82) is 0 Å². The van der Waals surface area contributed by atoms with Crippen LogP contribution in [0.2, 0.25) is 0 Å². The highest BCUT2D eigenvalue weighted by Gasteiger charge is 2.19. The molecule has 5 aromatic rings. The smallest absolute Gasteiger partial charge is 0.413 e. The van der Waals surface area contributed by atoms with Gasteiger partial charge in [-0.25, -0.2) is 9.59 Å². The van der Waals surface area contributed by atoms with Crippen LogP contribution >= 0.6 is 0 Å². The van der Waals surface area contributed by atoms with E-state index >= 15 is 0 Å². The lowest BCUT2D eigenvalue weighted by Gasteiger charge is -2.23. The Balaban J connectivity index is 1.21. The van der Waals surface area contributed by atoms with Crippen LogP contribution in [0.25, 0.3) is 0 Å². The van der Waals surface area contributed by atoms with Crippen LogP contribution in [0.15, 0.2) is 115 Å². The molecule has 57 heavy (non-hydrogen) atoms. The zero-order chi connectivity index (χ0) is 40.6. The van der Waals surface area contributed by atoms with Gasteiger partial charge in [0.05, 0.1) is 28.4 Å². The Morgan fingerprint density at radius 2 is 0.702 bits per heavy atom. The fourth-order valence-electron chi connectivity index (χ4n) is 5.64. The largest absolute Gasteiger partial charge is 0.497 e. The first kappa shape index (κ1) is 41.4. The van der Waals surface area contributed by atoms with Crippen molar-refractivity contribution in [2.75, 3.05) is 61.0 Å². The van der Waals surface area contributed by atoms with Crippen molar-refractivity contribution in [3.63, 3.8) is 0 Å². The van der Waals surface area contributed by atoms with Crippen molar-refractivity contribution in [3.8, 4) is 34.5 Å². The molecule has 0 saturated heterocycles. The standard InChI is InChI=1S/C44H49N3O10/c1-45(2)36-23-41(54-30-56-43(48)46(26-32-7-15-37(50-3)16-8-32)27-33-9-17-38(51-4)18-10-33)25-42(24-36)55-31-57-44(49)47(28-34-11-19-39(52-5)20-12-34)29-35-13-21-40(53-6)22-14-35/h7-25H,26-31H2,1-6H3. The lowest BCUT2D eigenvalue weighted by Crippen LogP contribution is -2.31. The van der Waals surface area contributed by atoms with Gasteiger partial charge in [-0.3, -0.25) is 9.80 Å². The summed E-state index contributed by atoms with van der Waals surface area (Å²) in [6.07, 6.45) is -1.13. The Morgan fingerprint density at radius 3 is 0.947 bits per heavy atom. The quantitative estimate of drug-likeness (QED) is 0.0757. The van der Waals surface area contributed by atoms with E-state index in [-0.39, 0.29) is 13.6 Å². The summed E-state index contributed by atoms with van der Waals surface area (Å²) in [7, 11) is 10.2. The van der Waals surface area contributed by atoms with Gasteiger partial charge in [-0.1, -0.05) is 48.5 Å². The van der Waals surface area contributed by atoms with Crippen LogP contribution in [-0.2, 0) is 35.7 Å². The van der Waals surface area contributed by atoms with Gasteiger partial charge in [0.1, 0.15) is 34.5 Å². The molecule has 0 aliphatic heterocycles. The van der Waals surface area contributed by atoms with E-state index in [0.717, 1.165) is 27.9 Å². The Bertz CT molecular complexity index is 1770. The number of benzene rings is 5. The molecular weight excluding hydrogens is 730 g/mol. The molecule has 0 unspecified atom stereocenters. The zero-order valence-electron chi connectivity index (χ0n) is 33.1. The summed E-state index contributed by atoms with van der Waals surface area (Å²) < 4.78 is 44.2. The number of carbonyl (C=O) groups is 2. The molecule has 0 radical (unpaired) electrons. The molecule has 0 fully saturated rings. The molecule has 2 amide bonds. The fourth-order valence-corrected chi connectivity index (χ4v) is 5.64. The molecule has 0 aliphatic rings. The number of hydrogen-bond donors (Lipinski definition) is 0. The number of nitrogens with zero attached hydrogens (tertiary/aromatic N) is 3. The highest BCUT2D eigenvalue weighted by atomic mass is 16.7. The van der Waals surface area contributed by atoms with E-state index in [2.05, 4.69) is 0 Å². The molecule has 0 N–H and O–H groups in total.